The predicted octanol–water partition coefficient (Wildman–Crippen LogP) is 3.87. The monoisotopic (exact) mass is 391 g/mol. The number of nitrogens with one attached hydrogen (secondary N) is 1. The maximum atomic E-state index is 12.6. The van der Waals surface area contributed by atoms with E-state index in [1.165, 1.54) is 11.8 Å². The predicted molar refractivity (Wildman–Crippen MR) is 112 cm³/mol. The van der Waals surface area contributed by atoms with Crippen molar-refractivity contribution in [2.24, 2.45) is 7.05 Å². The van der Waals surface area contributed by atoms with Crippen LogP contribution in [0.5, 0.6) is 0 Å². The Kier molecular flexibility index (Phi) is 5.00. The Morgan fingerprint density at radius 1 is 1.04 bits per heavy atom. The van der Waals surface area contributed by atoms with Crippen LogP contribution in [0.3, 0.4) is 0 Å². The molecule has 0 unspecified atom stereocenters. The van der Waals surface area contributed by atoms with Gasteiger partial charge in [-0.1, -0.05) is 60.3 Å². The van der Waals surface area contributed by atoms with Crippen molar-refractivity contribution in [3.8, 4) is 0 Å². The highest BCUT2D eigenvalue weighted by Crippen LogP contribution is 2.27. The van der Waals surface area contributed by atoms with Gasteiger partial charge in [0.05, 0.1) is 16.8 Å². The van der Waals surface area contributed by atoms with E-state index in [9.17, 15) is 4.79 Å². The molecule has 0 aliphatic rings. The van der Waals surface area contributed by atoms with Gasteiger partial charge in [0.2, 0.25) is 11.1 Å². The molecule has 4 aromatic rings. The number of aromatic nitrogens is 4. The molecule has 1 N–H and O–H groups in total. The highest BCUT2D eigenvalue weighted by Gasteiger charge is 2.20. The highest BCUT2D eigenvalue weighted by atomic mass is 32.2. The van der Waals surface area contributed by atoms with Gasteiger partial charge in [-0.15, -0.1) is 10.2 Å². The smallest absolute Gasteiger partial charge is 0.233 e. The molecule has 0 fully saturated rings. The molecule has 4 rings (SSSR count). The lowest BCUT2D eigenvalue weighted by molar-refractivity contribution is -0.120. The average Bonchev–Trinajstić information content (AvgIpc) is 3.01. The van der Waals surface area contributed by atoms with Gasteiger partial charge in [-0.05, 0) is 25.5 Å². The van der Waals surface area contributed by atoms with Crippen molar-refractivity contribution in [3.63, 3.8) is 0 Å². The minimum absolute atomic E-state index is 0.0536. The second-order valence-corrected chi connectivity index (χ2v) is 8.05. The second kappa shape index (κ2) is 7.59. The van der Waals surface area contributed by atoms with Gasteiger partial charge in [0.25, 0.3) is 0 Å². The molecule has 1 amide bonds. The topological polar surface area (TPSA) is 72.7 Å². The van der Waals surface area contributed by atoms with E-state index in [-0.39, 0.29) is 17.2 Å². The zero-order chi connectivity index (χ0) is 19.7. The van der Waals surface area contributed by atoms with Crippen molar-refractivity contribution in [2.45, 2.75) is 30.3 Å². The third-order valence-corrected chi connectivity index (χ3v) is 5.75. The van der Waals surface area contributed by atoms with Crippen LogP contribution in [0.4, 0.5) is 0 Å². The minimum Gasteiger partial charge on any atom is -0.349 e. The van der Waals surface area contributed by atoms with Crippen LogP contribution in [0.15, 0.2) is 59.8 Å². The first kappa shape index (κ1) is 18.4. The number of benzene rings is 2. The first-order chi connectivity index (χ1) is 13.5. The second-order valence-electron chi connectivity index (χ2n) is 6.74. The van der Waals surface area contributed by atoms with Crippen molar-refractivity contribution in [2.75, 3.05) is 0 Å². The van der Waals surface area contributed by atoms with E-state index in [0.29, 0.717) is 5.16 Å². The number of para-hydroxylation sites is 1. The average molecular weight is 392 g/mol. The van der Waals surface area contributed by atoms with Crippen molar-refractivity contribution < 1.29 is 4.79 Å². The molecule has 142 valence electrons. The fraction of sp³-hybridized carbons (Fsp3) is 0.238. The SMILES string of the molecule is C[C@@H](Sc1nnc2c3ccccc3n(C)c2n1)C(=O)N[C@H](C)c1ccccc1. The van der Waals surface area contributed by atoms with Gasteiger partial charge in [-0.2, -0.15) is 0 Å². The molecule has 2 atom stereocenters. The zero-order valence-electron chi connectivity index (χ0n) is 16.0. The Labute approximate surface area is 167 Å². The number of fused-ring (bicyclic) bond motifs is 3. The van der Waals surface area contributed by atoms with Gasteiger partial charge in [0.1, 0.15) is 5.52 Å². The molecular weight excluding hydrogens is 370 g/mol. The van der Waals surface area contributed by atoms with E-state index in [1.54, 1.807) is 0 Å². The Morgan fingerprint density at radius 2 is 1.75 bits per heavy atom. The highest BCUT2D eigenvalue weighted by molar-refractivity contribution is 8.00. The fourth-order valence-electron chi connectivity index (χ4n) is 3.21. The maximum absolute atomic E-state index is 12.6. The summed E-state index contributed by atoms with van der Waals surface area (Å²) in [6.45, 7) is 3.83. The van der Waals surface area contributed by atoms with Gasteiger partial charge >= 0.3 is 0 Å². The minimum atomic E-state index is -0.333. The molecular formula is C21H21N5OS. The van der Waals surface area contributed by atoms with Crippen LogP contribution in [-0.4, -0.2) is 30.9 Å². The van der Waals surface area contributed by atoms with E-state index in [1.807, 2.05) is 80.1 Å². The molecule has 2 aromatic heterocycles. The van der Waals surface area contributed by atoms with Crippen molar-refractivity contribution >= 4 is 39.7 Å². The molecule has 0 saturated heterocycles. The number of carbonyl (C=O) groups is 1. The number of hydrogen-bond donors (Lipinski definition) is 1. The van der Waals surface area contributed by atoms with E-state index in [0.717, 1.165) is 27.6 Å². The van der Waals surface area contributed by atoms with Crippen LogP contribution >= 0.6 is 11.8 Å². The standard InChI is InChI=1S/C21H21N5OS/c1-13(15-9-5-4-6-10-15)22-20(27)14(2)28-21-23-19-18(24-25-21)16-11-7-8-12-17(16)26(19)3/h4-14H,1-3H3,(H,22,27)/t13-,14-/m1/s1. The van der Waals surface area contributed by atoms with Crippen LogP contribution in [-0.2, 0) is 11.8 Å². The van der Waals surface area contributed by atoms with Gasteiger partial charge in [-0.25, -0.2) is 4.98 Å². The number of rotatable bonds is 5. The first-order valence-electron chi connectivity index (χ1n) is 9.14. The summed E-state index contributed by atoms with van der Waals surface area (Å²) in [6, 6.07) is 17.9. The molecule has 0 bridgehead atoms. The van der Waals surface area contributed by atoms with E-state index < -0.39 is 0 Å². The third kappa shape index (κ3) is 3.45. The Morgan fingerprint density at radius 3 is 2.54 bits per heavy atom. The number of amides is 1. The maximum Gasteiger partial charge on any atom is 0.233 e. The lowest BCUT2D eigenvalue weighted by Gasteiger charge is -2.17. The van der Waals surface area contributed by atoms with Crippen LogP contribution in [0.25, 0.3) is 22.1 Å². The summed E-state index contributed by atoms with van der Waals surface area (Å²) < 4.78 is 2.01. The van der Waals surface area contributed by atoms with Crippen molar-refractivity contribution in [1.82, 2.24) is 25.1 Å². The Hall–Kier alpha value is -2.93. The van der Waals surface area contributed by atoms with E-state index in [4.69, 9.17) is 0 Å². The number of carbonyl (C=O) groups excluding carboxylic acids is 1. The third-order valence-electron chi connectivity index (χ3n) is 4.80. The van der Waals surface area contributed by atoms with Crippen molar-refractivity contribution in [1.29, 1.82) is 0 Å². The summed E-state index contributed by atoms with van der Waals surface area (Å²) in [4.78, 5) is 17.2. The largest absolute Gasteiger partial charge is 0.349 e. The summed E-state index contributed by atoms with van der Waals surface area (Å²) in [7, 11) is 1.96. The summed E-state index contributed by atoms with van der Waals surface area (Å²) >= 11 is 1.31. The zero-order valence-corrected chi connectivity index (χ0v) is 16.8. The molecule has 2 aromatic carbocycles. The van der Waals surface area contributed by atoms with Crippen LogP contribution in [0, 0.1) is 0 Å². The van der Waals surface area contributed by atoms with Gasteiger partial charge in [-0.3, -0.25) is 4.79 Å². The van der Waals surface area contributed by atoms with E-state index in [2.05, 4.69) is 20.5 Å². The van der Waals surface area contributed by atoms with Gasteiger partial charge in [0.15, 0.2) is 5.65 Å². The summed E-state index contributed by atoms with van der Waals surface area (Å²) in [6.07, 6.45) is 0. The van der Waals surface area contributed by atoms with Crippen LogP contribution < -0.4 is 5.32 Å². The summed E-state index contributed by atoms with van der Waals surface area (Å²) in [5.74, 6) is -0.0536. The fourth-order valence-corrected chi connectivity index (χ4v) is 3.93. The molecule has 7 heteroatoms. The number of thioether (sulfide) groups is 1. The first-order valence-corrected chi connectivity index (χ1v) is 10.0. The molecule has 0 saturated carbocycles. The molecule has 28 heavy (non-hydrogen) atoms. The quantitative estimate of drug-likeness (QED) is 0.523. The normalized spacial score (nSPS) is 13.5. The molecule has 0 spiro atoms. The molecule has 2 heterocycles. The number of nitrogens with zero attached hydrogens (tertiary/aromatic N) is 4. The Balaban J connectivity index is 1.52. The van der Waals surface area contributed by atoms with E-state index >= 15 is 0 Å². The molecule has 6 nitrogen and oxygen atoms in total. The lowest BCUT2D eigenvalue weighted by Crippen LogP contribution is -2.33. The van der Waals surface area contributed by atoms with Crippen LogP contribution in [0.1, 0.15) is 25.5 Å². The van der Waals surface area contributed by atoms with Gasteiger partial charge in [0, 0.05) is 12.4 Å². The molecule has 0 aliphatic carbocycles. The van der Waals surface area contributed by atoms with Gasteiger partial charge < -0.3 is 9.88 Å². The Bertz CT molecular complexity index is 1140. The molecule has 0 radical (unpaired) electrons. The van der Waals surface area contributed by atoms with Crippen LogP contribution in [0.2, 0.25) is 0 Å². The summed E-state index contributed by atoms with van der Waals surface area (Å²) in [5.41, 5.74) is 3.67. The summed E-state index contributed by atoms with van der Waals surface area (Å²) in [5, 5.41) is 12.8. The lowest BCUT2D eigenvalue weighted by atomic mass is 10.1. The van der Waals surface area contributed by atoms with Crippen molar-refractivity contribution in [3.05, 3.63) is 60.2 Å². The number of hydrogen-bond acceptors (Lipinski definition) is 5. The molecule has 0 aliphatic heterocycles. The number of aryl methyl sites for hydroxylation is 1.